The van der Waals surface area contributed by atoms with Crippen LogP contribution in [0.2, 0.25) is 0 Å². The van der Waals surface area contributed by atoms with Gasteiger partial charge in [-0.15, -0.1) is 11.3 Å². The van der Waals surface area contributed by atoms with Crippen molar-refractivity contribution >= 4 is 51.5 Å². The molecule has 1 aliphatic rings. The van der Waals surface area contributed by atoms with Gasteiger partial charge in [0.15, 0.2) is 0 Å². The summed E-state index contributed by atoms with van der Waals surface area (Å²) in [4.78, 5) is 33.6. The van der Waals surface area contributed by atoms with Gasteiger partial charge in [-0.2, -0.15) is 0 Å². The van der Waals surface area contributed by atoms with Crippen LogP contribution in [-0.2, 0) is 20.6 Å². The number of aliphatic hydroxyl groups excluding tert-OH is 1. The molecule has 2 atom stereocenters. The average Bonchev–Trinajstić information content (AvgIpc) is 3.46. The van der Waals surface area contributed by atoms with E-state index < -0.39 is 12.0 Å². The minimum absolute atomic E-state index is 0.119. The van der Waals surface area contributed by atoms with Crippen LogP contribution in [0.25, 0.3) is 10.4 Å². The zero-order valence-corrected chi connectivity index (χ0v) is 23.6. The number of nitrogens with zero attached hydrogens (tertiary/aromatic N) is 2. The third-order valence-corrected chi connectivity index (χ3v) is 8.06. The van der Waals surface area contributed by atoms with Crippen LogP contribution >= 0.6 is 33.9 Å². The number of carbonyl (C=O) groups is 2. The van der Waals surface area contributed by atoms with Crippen LogP contribution in [0.4, 0.5) is 0 Å². The number of thiazole rings is 1. The fraction of sp³-hybridized carbons (Fsp3) is 0.462. The molecule has 1 aromatic heterocycles. The third kappa shape index (κ3) is 6.49. The van der Waals surface area contributed by atoms with Gasteiger partial charge in [0.05, 0.1) is 22.0 Å². The summed E-state index contributed by atoms with van der Waals surface area (Å²) in [7, 11) is 0. The minimum atomic E-state index is -0.767. The monoisotopic (exact) mass is 608 g/mol. The number of likely N-dealkylation sites (tertiary alicyclic amines) is 1. The molecule has 1 fully saturated rings. The smallest absolute Gasteiger partial charge is 0.243 e. The molecule has 1 aromatic carbocycles. The summed E-state index contributed by atoms with van der Waals surface area (Å²) in [6, 6.07) is 5.72. The van der Waals surface area contributed by atoms with Crippen LogP contribution in [0.5, 0.6) is 0 Å². The van der Waals surface area contributed by atoms with Gasteiger partial charge in [0.1, 0.15) is 11.8 Å². The number of aliphatic hydroxyl groups is 1. The predicted molar refractivity (Wildman–Crippen MR) is 149 cm³/mol. The summed E-state index contributed by atoms with van der Waals surface area (Å²) in [6.07, 6.45) is 2.65. The van der Waals surface area contributed by atoms with Gasteiger partial charge >= 0.3 is 0 Å². The highest BCUT2D eigenvalue weighted by Crippen LogP contribution is 2.30. The lowest BCUT2D eigenvalue weighted by Crippen LogP contribution is -2.48. The lowest BCUT2D eigenvalue weighted by molar-refractivity contribution is -0.142. The molecule has 0 radical (unpaired) electrons. The number of aromatic nitrogens is 1. The zero-order valence-electron chi connectivity index (χ0n) is 20.6. The number of allylic oxidation sites excluding steroid dienone is 1. The Kier molecular flexibility index (Phi) is 9.46. The largest absolute Gasteiger partial charge is 0.511 e. The molecule has 0 spiro atoms. The number of carbonyl (C=O) groups excluding carboxylic acids is 2. The van der Waals surface area contributed by atoms with Gasteiger partial charge in [-0.05, 0) is 61.4 Å². The van der Waals surface area contributed by atoms with Crippen molar-refractivity contribution in [1.29, 1.82) is 5.41 Å². The molecular weight excluding hydrogens is 575 g/mol. The highest BCUT2D eigenvalue weighted by Gasteiger charge is 2.39. The van der Waals surface area contributed by atoms with E-state index in [1.165, 1.54) is 6.08 Å². The van der Waals surface area contributed by atoms with E-state index in [1.807, 2.05) is 26.3 Å². The Morgan fingerprint density at radius 1 is 1.37 bits per heavy atom. The highest BCUT2D eigenvalue weighted by atomic mass is 127. The summed E-state index contributed by atoms with van der Waals surface area (Å²) >= 11 is 3.96. The van der Waals surface area contributed by atoms with E-state index in [4.69, 9.17) is 5.41 Å². The van der Waals surface area contributed by atoms with Crippen molar-refractivity contribution in [2.45, 2.75) is 57.6 Å². The Bertz CT molecular complexity index is 1130. The molecule has 0 aliphatic carbocycles. The summed E-state index contributed by atoms with van der Waals surface area (Å²) in [5, 5.41) is 21.2. The summed E-state index contributed by atoms with van der Waals surface area (Å²) < 4.78 is 0.816. The first kappa shape index (κ1) is 27.3. The van der Waals surface area contributed by atoms with Gasteiger partial charge < -0.3 is 20.7 Å². The van der Waals surface area contributed by atoms with Gasteiger partial charge in [-0.1, -0.05) is 48.6 Å². The van der Waals surface area contributed by atoms with E-state index in [2.05, 4.69) is 51.1 Å². The molecule has 1 saturated heterocycles. The molecule has 0 saturated carbocycles. The second-order valence-electron chi connectivity index (χ2n) is 9.27. The number of nitrogens with one attached hydrogen (secondary N) is 2. The number of hydrogen-bond donors (Lipinski definition) is 3. The minimum Gasteiger partial charge on any atom is -0.511 e. The highest BCUT2D eigenvalue weighted by molar-refractivity contribution is 14.1. The van der Waals surface area contributed by atoms with Crippen molar-refractivity contribution in [2.75, 3.05) is 6.54 Å². The lowest BCUT2D eigenvalue weighted by atomic mass is 9.91. The number of aryl methyl sites for hydroxylation is 1. The number of benzene rings is 1. The molecule has 9 heteroatoms. The first-order chi connectivity index (χ1) is 16.6. The van der Waals surface area contributed by atoms with Crippen LogP contribution in [0.15, 0.2) is 35.5 Å². The fourth-order valence-electron chi connectivity index (χ4n) is 4.49. The summed E-state index contributed by atoms with van der Waals surface area (Å²) in [5.74, 6) is -1.48. The third-order valence-electron chi connectivity index (χ3n) is 6.27. The number of hydrogen-bond acceptors (Lipinski definition) is 6. The standard InChI is InChI=1S/C26H33IN4O3S/c1-15(2)23(22(32)10-16(3)28)26(34)31-9-5-6-21(31)25(33)29-13-19-8-7-18(11-20(19)12-27)24-17(4)30-14-35-24/h7-8,10-11,14-15,21,23,28,32H,5-6,9,12-13H2,1-4H3,(H,29,33)/b22-10-,28-16?/t21-,23+/m0/s1. The molecule has 188 valence electrons. The van der Waals surface area contributed by atoms with Crippen molar-refractivity contribution in [3.8, 4) is 10.4 Å². The maximum absolute atomic E-state index is 13.3. The molecule has 3 N–H and O–H groups in total. The molecular formula is C26H33IN4O3S. The lowest BCUT2D eigenvalue weighted by Gasteiger charge is -2.30. The summed E-state index contributed by atoms with van der Waals surface area (Å²) in [5.41, 5.74) is 6.39. The van der Waals surface area contributed by atoms with E-state index in [9.17, 15) is 14.7 Å². The molecule has 7 nitrogen and oxygen atoms in total. The SMILES string of the molecule is CC(=N)/C=C(\O)[C@H](C(=O)N1CCC[C@H]1C(=O)NCc1ccc(-c2scnc2C)cc1CI)C(C)C. The van der Waals surface area contributed by atoms with Crippen LogP contribution in [0.1, 0.15) is 50.4 Å². The normalized spacial score (nSPS) is 17.0. The first-order valence-electron chi connectivity index (χ1n) is 11.8. The number of halogens is 1. The average molecular weight is 609 g/mol. The molecule has 1 aliphatic heterocycles. The number of amides is 2. The Morgan fingerprint density at radius 3 is 2.71 bits per heavy atom. The van der Waals surface area contributed by atoms with Gasteiger partial charge in [-0.25, -0.2) is 4.98 Å². The molecule has 2 amide bonds. The summed E-state index contributed by atoms with van der Waals surface area (Å²) in [6.45, 7) is 8.16. The van der Waals surface area contributed by atoms with Gasteiger partial charge in [0.25, 0.3) is 0 Å². The molecule has 0 bridgehead atoms. The van der Waals surface area contributed by atoms with Crippen molar-refractivity contribution < 1.29 is 14.7 Å². The number of alkyl halides is 1. The molecule has 0 unspecified atom stereocenters. The molecule has 2 aromatic rings. The van der Waals surface area contributed by atoms with E-state index in [0.717, 1.165) is 38.1 Å². The second-order valence-corrected chi connectivity index (χ2v) is 10.9. The maximum Gasteiger partial charge on any atom is 0.243 e. The predicted octanol–water partition coefficient (Wildman–Crippen LogP) is 5.41. The molecule has 2 heterocycles. The Hall–Kier alpha value is -2.27. The van der Waals surface area contributed by atoms with Crippen molar-refractivity contribution in [2.24, 2.45) is 11.8 Å². The van der Waals surface area contributed by atoms with E-state index in [0.29, 0.717) is 19.5 Å². The topological polar surface area (TPSA) is 106 Å². The van der Waals surface area contributed by atoms with Gasteiger partial charge in [0.2, 0.25) is 11.8 Å². The van der Waals surface area contributed by atoms with Crippen molar-refractivity contribution in [3.05, 3.63) is 52.4 Å². The Labute approximate surface area is 224 Å². The van der Waals surface area contributed by atoms with Crippen molar-refractivity contribution in [1.82, 2.24) is 15.2 Å². The second kappa shape index (κ2) is 12.1. The van der Waals surface area contributed by atoms with Crippen LogP contribution < -0.4 is 5.32 Å². The quantitative estimate of drug-likeness (QED) is 0.153. The molecule has 35 heavy (non-hydrogen) atoms. The maximum atomic E-state index is 13.3. The zero-order chi connectivity index (χ0) is 25.7. The number of rotatable bonds is 9. The first-order valence-corrected chi connectivity index (χ1v) is 14.2. The van der Waals surface area contributed by atoms with Crippen LogP contribution in [0, 0.1) is 24.2 Å². The Morgan fingerprint density at radius 2 is 2.11 bits per heavy atom. The van der Waals surface area contributed by atoms with Crippen molar-refractivity contribution in [3.63, 3.8) is 0 Å². The molecule has 3 rings (SSSR count). The van der Waals surface area contributed by atoms with Gasteiger partial charge in [0, 0.05) is 23.2 Å². The van der Waals surface area contributed by atoms with E-state index >= 15 is 0 Å². The van der Waals surface area contributed by atoms with Crippen LogP contribution in [0.3, 0.4) is 0 Å². The van der Waals surface area contributed by atoms with E-state index in [-0.39, 0.29) is 29.2 Å². The fourth-order valence-corrected chi connectivity index (χ4v) is 6.00. The Balaban J connectivity index is 1.72. The van der Waals surface area contributed by atoms with E-state index in [1.54, 1.807) is 23.2 Å². The van der Waals surface area contributed by atoms with Gasteiger partial charge in [-0.3, -0.25) is 9.59 Å². The van der Waals surface area contributed by atoms with Crippen LogP contribution in [-0.4, -0.2) is 45.1 Å².